The van der Waals surface area contributed by atoms with Gasteiger partial charge in [-0.25, -0.2) is 0 Å². The maximum atomic E-state index is 12.4. The molecule has 47 heavy (non-hydrogen) atoms. The van der Waals surface area contributed by atoms with E-state index in [0.29, 0.717) is 50.4 Å². The minimum Gasteiger partial charge on any atom is -0.507 e. The number of ether oxygens (including phenoxy) is 3. The number of rotatable bonds is 14. The van der Waals surface area contributed by atoms with Crippen LogP contribution in [-0.4, -0.2) is 48.6 Å². The molecule has 2 aromatic carbocycles. The highest BCUT2D eigenvalue weighted by atomic mass is 16.5. The van der Waals surface area contributed by atoms with Crippen molar-refractivity contribution in [2.24, 2.45) is 0 Å². The van der Waals surface area contributed by atoms with Gasteiger partial charge in [-0.2, -0.15) is 0 Å². The van der Waals surface area contributed by atoms with Crippen molar-refractivity contribution in [3.8, 4) is 11.5 Å². The third kappa shape index (κ3) is 12.8. The Labute approximate surface area is 284 Å². The van der Waals surface area contributed by atoms with Crippen molar-refractivity contribution in [3.05, 3.63) is 57.6 Å². The number of aryl methyl sites for hydroxylation is 2. The highest BCUT2D eigenvalue weighted by molar-refractivity contribution is 5.70. The molecule has 264 valence electrons. The Balaban J connectivity index is 1.68. The average Bonchev–Trinajstić information content (AvgIpc) is 2.92. The monoisotopic (exact) mass is 654 g/mol. The van der Waals surface area contributed by atoms with Crippen LogP contribution in [0.25, 0.3) is 0 Å². The molecule has 7 heteroatoms. The molecule has 0 radical (unpaired) electrons. The molecule has 0 aliphatic heterocycles. The Bertz CT molecular complexity index is 1170. The van der Waals surface area contributed by atoms with Gasteiger partial charge < -0.3 is 24.4 Å². The lowest BCUT2D eigenvalue weighted by Crippen LogP contribution is -2.18. The number of hydrogen-bond acceptors (Lipinski definition) is 7. The van der Waals surface area contributed by atoms with Crippen molar-refractivity contribution in [1.29, 1.82) is 0 Å². The fourth-order valence-corrected chi connectivity index (χ4v) is 5.40. The molecule has 0 aliphatic carbocycles. The lowest BCUT2D eigenvalue weighted by atomic mass is 9.78. The number of esters is 2. The van der Waals surface area contributed by atoms with Crippen LogP contribution in [0, 0.1) is 0 Å². The summed E-state index contributed by atoms with van der Waals surface area (Å²) in [4.78, 5) is 24.8. The van der Waals surface area contributed by atoms with Crippen molar-refractivity contribution in [2.75, 3.05) is 26.4 Å². The number of carbonyl (C=O) groups excluding carboxylic acids is 2. The summed E-state index contributed by atoms with van der Waals surface area (Å²) in [6.07, 6.45) is 2.81. The molecule has 0 saturated carbocycles. The van der Waals surface area contributed by atoms with Crippen molar-refractivity contribution in [1.82, 2.24) is 0 Å². The Kier molecular flexibility index (Phi) is 14.0. The van der Waals surface area contributed by atoms with E-state index in [2.05, 4.69) is 83.1 Å². The maximum Gasteiger partial charge on any atom is 0.306 e. The summed E-state index contributed by atoms with van der Waals surface area (Å²) in [6.45, 7) is 26.4. The van der Waals surface area contributed by atoms with Gasteiger partial charge in [-0.05, 0) is 67.9 Å². The number of phenols is 2. The van der Waals surface area contributed by atoms with Gasteiger partial charge in [0.25, 0.3) is 0 Å². The first-order valence-electron chi connectivity index (χ1n) is 17.1. The number of carbonyl (C=O) groups is 2. The molecule has 0 amide bonds. The van der Waals surface area contributed by atoms with E-state index >= 15 is 0 Å². The van der Waals surface area contributed by atoms with E-state index in [0.717, 1.165) is 33.4 Å². The lowest BCUT2D eigenvalue weighted by Gasteiger charge is -2.28. The summed E-state index contributed by atoms with van der Waals surface area (Å²) in [5.41, 5.74) is 4.71. The normalized spacial score (nSPS) is 12.7. The summed E-state index contributed by atoms with van der Waals surface area (Å²) < 4.78 is 16.5. The zero-order chi connectivity index (χ0) is 35.8. The summed E-state index contributed by atoms with van der Waals surface area (Å²) in [5, 5.41) is 21.8. The number of phenolic OH excluding ortho intramolecular Hbond substituents is 2. The fourth-order valence-electron chi connectivity index (χ4n) is 5.40. The van der Waals surface area contributed by atoms with Crippen LogP contribution >= 0.6 is 0 Å². The highest BCUT2D eigenvalue weighted by Crippen LogP contribution is 2.41. The molecule has 2 rings (SSSR count). The molecular formula is C40H62O7. The van der Waals surface area contributed by atoms with Gasteiger partial charge in [0.2, 0.25) is 0 Å². The van der Waals surface area contributed by atoms with E-state index in [4.69, 9.17) is 14.2 Å². The highest BCUT2D eigenvalue weighted by Gasteiger charge is 2.28. The van der Waals surface area contributed by atoms with Crippen LogP contribution in [-0.2, 0) is 58.3 Å². The Morgan fingerprint density at radius 1 is 0.511 bits per heavy atom. The summed E-state index contributed by atoms with van der Waals surface area (Å²) >= 11 is 0. The van der Waals surface area contributed by atoms with Gasteiger partial charge in [0, 0.05) is 38.9 Å². The Morgan fingerprint density at radius 2 is 0.787 bits per heavy atom. The predicted octanol–water partition coefficient (Wildman–Crippen LogP) is 8.74. The SMILES string of the molecule is CC(C)(C)c1cc(CCC(=O)OCCCOCCCOC(=O)CCc2cc(C(C)(C)C)c(O)c(C(C)(C)C)c2)cc(C(C)(C)C)c1O. The van der Waals surface area contributed by atoms with Crippen molar-refractivity contribution in [2.45, 2.75) is 143 Å². The van der Waals surface area contributed by atoms with Crippen LogP contribution in [0.5, 0.6) is 11.5 Å². The fraction of sp³-hybridized carbons (Fsp3) is 0.650. The number of benzene rings is 2. The van der Waals surface area contributed by atoms with Gasteiger partial charge in [0.15, 0.2) is 0 Å². The molecule has 2 aromatic rings. The summed E-state index contributed by atoms with van der Waals surface area (Å²) in [7, 11) is 0. The van der Waals surface area contributed by atoms with Crippen molar-refractivity contribution < 1.29 is 34.0 Å². The van der Waals surface area contributed by atoms with Gasteiger partial charge in [-0.3, -0.25) is 9.59 Å². The first-order valence-corrected chi connectivity index (χ1v) is 17.1. The summed E-state index contributed by atoms with van der Waals surface area (Å²) in [6, 6.07) is 8.02. The third-order valence-corrected chi connectivity index (χ3v) is 8.20. The Morgan fingerprint density at radius 3 is 1.04 bits per heavy atom. The zero-order valence-corrected chi connectivity index (χ0v) is 31.3. The lowest BCUT2D eigenvalue weighted by molar-refractivity contribution is -0.144. The topological polar surface area (TPSA) is 102 Å². The third-order valence-electron chi connectivity index (χ3n) is 8.20. The Hall–Kier alpha value is -3.06. The van der Waals surface area contributed by atoms with Gasteiger partial charge >= 0.3 is 11.9 Å². The largest absolute Gasteiger partial charge is 0.507 e. The minimum atomic E-state index is -0.254. The molecule has 0 aliphatic rings. The van der Waals surface area contributed by atoms with E-state index in [1.165, 1.54) is 0 Å². The zero-order valence-electron chi connectivity index (χ0n) is 31.3. The van der Waals surface area contributed by atoms with E-state index in [1.807, 2.05) is 24.3 Å². The van der Waals surface area contributed by atoms with Crippen molar-refractivity contribution in [3.63, 3.8) is 0 Å². The molecule has 0 heterocycles. The number of hydrogen-bond donors (Lipinski definition) is 2. The molecule has 2 N–H and O–H groups in total. The smallest absolute Gasteiger partial charge is 0.306 e. The van der Waals surface area contributed by atoms with Crippen LogP contribution in [0.15, 0.2) is 24.3 Å². The first kappa shape index (κ1) is 40.1. The van der Waals surface area contributed by atoms with Crippen molar-refractivity contribution >= 4 is 11.9 Å². The molecular weight excluding hydrogens is 592 g/mol. The predicted molar refractivity (Wildman–Crippen MR) is 190 cm³/mol. The second-order valence-corrected chi connectivity index (χ2v) is 16.8. The number of aromatic hydroxyl groups is 2. The van der Waals surface area contributed by atoms with E-state index < -0.39 is 0 Å². The van der Waals surface area contributed by atoms with Crippen LogP contribution in [0.2, 0.25) is 0 Å². The van der Waals surface area contributed by atoms with Gasteiger partial charge in [-0.15, -0.1) is 0 Å². The molecule has 0 unspecified atom stereocenters. The minimum absolute atomic E-state index is 0.218. The second kappa shape index (κ2) is 16.4. The maximum absolute atomic E-state index is 12.4. The van der Waals surface area contributed by atoms with Gasteiger partial charge in [-0.1, -0.05) is 107 Å². The molecule has 0 spiro atoms. The first-order chi connectivity index (χ1) is 21.5. The standard InChI is InChI=1S/C40H62O7/c1-37(2,3)29-23-27(24-30(35(29)43)38(4,5)6)15-17-33(41)46-21-13-19-45-20-14-22-47-34(42)18-16-28-25-31(39(7,8)9)36(44)32(26-28)40(10,11)12/h23-26,43-44H,13-22H2,1-12H3. The molecule has 0 saturated heterocycles. The van der Waals surface area contributed by atoms with E-state index in [1.54, 1.807) is 0 Å². The molecule has 0 fully saturated rings. The molecule has 7 nitrogen and oxygen atoms in total. The quantitative estimate of drug-likeness (QED) is 0.155. The average molecular weight is 655 g/mol. The molecule has 0 aromatic heterocycles. The van der Waals surface area contributed by atoms with Crippen LogP contribution in [0.4, 0.5) is 0 Å². The van der Waals surface area contributed by atoms with E-state index in [9.17, 15) is 19.8 Å². The van der Waals surface area contributed by atoms with Gasteiger partial charge in [0.1, 0.15) is 11.5 Å². The van der Waals surface area contributed by atoms with Crippen LogP contribution in [0.1, 0.15) is 142 Å². The molecule has 0 atom stereocenters. The summed E-state index contributed by atoms with van der Waals surface area (Å²) in [5.74, 6) is 0.168. The van der Waals surface area contributed by atoms with Crippen LogP contribution < -0.4 is 0 Å². The second-order valence-electron chi connectivity index (χ2n) is 16.8. The molecule has 0 bridgehead atoms. The van der Waals surface area contributed by atoms with Crippen LogP contribution in [0.3, 0.4) is 0 Å². The van der Waals surface area contributed by atoms with E-state index in [-0.39, 0.29) is 59.7 Å². The van der Waals surface area contributed by atoms with Gasteiger partial charge in [0.05, 0.1) is 13.2 Å².